The van der Waals surface area contributed by atoms with Crippen molar-refractivity contribution in [2.75, 3.05) is 32.0 Å². The van der Waals surface area contributed by atoms with Crippen molar-refractivity contribution in [3.05, 3.63) is 29.5 Å². The molecule has 1 heterocycles. The van der Waals surface area contributed by atoms with Crippen LogP contribution in [0.15, 0.2) is 18.3 Å². The Morgan fingerprint density at radius 2 is 1.96 bits per heavy atom. The molecule has 0 bridgehead atoms. The van der Waals surface area contributed by atoms with E-state index in [4.69, 9.17) is 0 Å². The highest BCUT2D eigenvalue weighted by atomic mass is 16.4. The molecule has 1 amide bonds. The topological polar surface area (TPSA) is 95.4 Å². The molecule has 2 rings (SSSR count). The lowest BCUT2D eigenvalue weighted by Gasteiger charge is -2.14. The third-order valence-electron chi connectivity index (χ3n) is 4.08. The van der Waals surface area contributed by atoms with Crippen LogP contribution in [0.4, 0.5) is 5.69 Å². The van der Waals surface area contributed by atoms with Gasteiger partial charge in [-0.05, 0) is 30.7 Å². The molecule has 7 heteroatoms. The first-order valence-electron chi connectivity index (χ1n) is 8.36. The Labute approximate surface area is 147 Å². The summed E-state index contributed by atoms with van der Waals surface area (Å²) in [6.45, 7) is 5.78. The van der Waals surface area contributed by atoms with E-state index in [0.29, 0.717) is 17.6 Å². The largest absolute Gasteiger partial charge is 0.478 e. The van der Waals surface area contributed by atoms with Crippen molar-refractivity contribution in [1.82, 2.24) is 15.2 Å². The molecule has 0 saturated heterocycles. The number of amides is 1. The minimum atomic E-state index is -0.975. The molecule has 1 aromatic carbocycles. The lowest BCUT2D eigenvalue weighted by atomic mass is 9.98. The fraction of sp³-hybridized carbons (Fsp3) is 0.444. The summed E-state index contributed by atoms with van der Waals surface area (Å²) in [5.41, 5.74) is 2.75. The maximum atomic E-state index is 12.1. The number of likely N-dealkylation sites (N-methyl/N-ethyl adjacent to an activating group) is 1. The molecule has 0 unspecified atom stereocenters. The number of nitrogens with zero attached hydrogens (tertiary/aromatic N) is 1. The molecule has 0 aliphatic carbocycles. The molecular formula is C18H26N4O3. The normalized spacial score (nSPS) is 11.2. The summed E-state index contributed by atoms with van der Waals surface area (Å²) in [5.74, 6) is -0.932. The van der Waals surface area contributed by atoms with E-state index in [1.54, 1.807) is 12.3 Å². The molecule has 0 aliphatic heterocycles. The van der Waals surface area contributed by atoms with Crippen LogP contribution in [0, 0.1) is 0 Å². The van der Waals surface area contributed by atoms with E-state index in [0.717, 1.165) is 17.6 Å². The number of anilines is 1. The number of aryl methyl sites for hydroxylation is 1. The maximum Gasteiger partial charge on any atom is 0.337 e. The smallest absolute Gasteiger partial charge is 0.337 e. The summed E-state index contributed by atoms with van der Waals surface area (Å²) >= 11 is 0. The Kier molecular flexibility index (Phi) is 6.17. The van der Waals surface area contributed by atoms with Gasteiger partial charge in [-0.2, -0.15) is 0 Å². The van der Waals surface area contributed by atoms with E-state index >= 15 is 0 Å². The molecule has 0 atom stereocenters. The summed E-state index contributed by atoms with van der Waals surface area (Å²) in [6, 6.07) is 3.65. The summed E-state index contributed by atoms with van der Waals surface area (Å²) in [5, 5.41) is 19.0. The molecule has 0 radical (unpaired) electrons. The van der Waals surface area contributed by atoms with Crippen molar-refractivity contribution in [3.8, 4) is 0 Å². The number of aromatic carboxylic acids is 1. The number of nitrogens with one attached hydrogen (secondary N) is 3. The number of carboxylic acid groups (broad SMARTS) is 1. The van der Waals surface area contributed by atoms with E-state index in [1.807, 2.05) is 38.6 Å². The second-order valence-electron chi connectivity index (χ2n) is 6.40. The van der Waals surface area contributed by atoms with Crippen LogP contribution in [0.2, 0.25) is 0 Å². The van der Waals surface area contributed by atoms with Crippen molar-refractivity contribution >= 4 is 28.5 Å². The Morgan fingerprint density at radius 1 is 1.24 bits per heavy atom. The summed E-state index contributed by atoms with van der Waals surface area (Å²) < 4.78 is 1.83. The van der Waals surface area contributed by atoms with Crippen molar-refractivity contribution in [2.45, 2.75) is 19.8 Å². The number of hydrogen-bond donors (Lipinski definition) is 4. The molecule has 0 aliphatic rings. The standard InChI is InChI=1S/C18H26N4O3/c1-11(2)13-7-12(21-16(23)9-20-6-5-19-3)8-14-15(18(24)25)10-22(4)17(13)14/h7-8,10-11,19-20H,5-6,9H2,1-4H3,(H,21,23)(H,24,25). The number of carboxylic acids is 1. The van der Waals surface area contributed by atoms with Crippen LogP contribution >= 0.6 is 0 Å². The van der Waals surface area contributed by atoms with E-state index in [-0.39, 0.29) is 23.9 Å². The molecule has 25 heavy (non-hydrogen) atoms. The van der Waals surface area contributed by atoms with Crippen LogP contribution in [0.1, 0.15) is 35.7 Å². The maximum absolute atomic E-state index is 12.1. The highest BCUT2D eigenvalue weighted by molar-refractivity contribution is 6.06. The Bertz CT molecular complexity index is 780. The number of aromatic nitrogens is 1. The lowest BCUT2D eigenvalue weighted by Crippen LogP contribution is -2.32. The van der Waals surface area contributed by atoms with Gasteiger partial charge in [0, 0.05) is 37.4 Å². The molecule has 1 aromatic heterocycles. The van der Waals surface area contributed by atoms with Crippen molar-refractivity contribution < 1.29 is 14.7 Å². The summed E-state index contributed by atoms with van der Waals surface area (Å²) in [7, 11) is 3.69. The monoisotopic (exact) mass is 346 g/mol. The van der Waals surface area contributed by atoms with Gasteiger partial charge in [-0.3, -0.25) is 4.79 Å². The number of carbonyl (C=O) groups is 2. The lowest BCUT2D eigenvalue weighted by molar-refractivity contribution is -0.115. The number of carbonyl (C=O) groups excluding carboxylic acids is 1. The average Bonchev–Trinajstić information content (AvgIpc) is 2.88. The second-order valence-corrected chi connectivity index (χ2v) is 6.40. The van der Waals surface area contributed by atoms with E-state index in [2.05, 4.69) is 16.0 Å². The fourth-order valence-electron chi connectivity index (χ4n) is 2.89. The molecular weight excluding hydrogens is 320 g/mol. The van der Waals surface area contributed by atoms with Crippen LogP contribution in [-0.4, -0.2) is 48.2 Å². The average molecular weight is 346 g/mol. The predicted molar refractivity (Wildman–Crippen MR) is 99.4 cm³/mol. The van der Waals surface area contributed by atoms with Crippen LogP contribution in [0.3, 0.4) is 0 Å². The first-order chi connectivity index (χ1) is 11.8. The van der Waals surface area contributed by atoms with Crippen LogP contribution < -0.4 is 16.0 Å². The first kappa shape index (κ1) is 19.0. The molecule has 4 N–H and O–H groups in total. The molecule has 0 spiro atoms. The van der Waals surface area contributed by atoms with Crippen molar-refractivity contribution in [3.63, 3.8) is 0 Å². The van der Waals surface area contributed by atoms with Gasteiger partial charge in [-0.1, -0.05) is 13.8 Å². The zero-order valence-corrected chi connectivity index (χ0v) is 15.1. The zero-order valence-electron chi connectivity index (χ0n) is 15.1. The van der Waals surface area contributed by atoms with Gasteiger partial charge >= 0.3 is 5.97 Å². The third-order valence-corrected chi connectivity index (χ3v) is 4.08. The third kappa shape index (κ3) is 4.37. The fourth-order valence-corrected chi connectivity index (χ4v) is 2.89. The predicted octanol–water partition coefficient (Wildman–Crippen LogP) is 1.75. The Hall–Kier alpha value is -2.38. The van der Waals surface area contributed by atoms with Crippen LogP contribution in [0.25, 0.3) is 10.9 Å². The summed E-state index contributed by atoms with van der Waals surface area (Å²) in [4.78, 5) is 23.6. The van der Waals surface area contributed by atoms with E-state index in [1.165, 1.54) is 0 Å². The molecule has 7 nitrogen and oxygen atoms in total. The minimum Gasteiger partial charge on any atom is -0.478 e. The molecule has 2 aromatic rings. The van der Waals surface area contributed by atoms with Crippen molar-refractivity contribution in [2.24, 2.45) is 7.05 Å². The SMILES string of the molecule is CNCCNCC(=O)Nc1cc(C(C)C)c2c(c1)c(C(=O)O)cn2C. The van der Waals surface area contributed by atoms with E-state index in [9.17, 15) is 14.7 Å². The Morgan fingerprint density at radius 3 is 2.56 bits per heavy atom. The minimum absolute atomic E-state index is 0.155. The molecule has 136 valence electrons. The van der Waals surface area contributed by atoms with Crippen molar-refractivity contribution in [1.29, 1.82) is 0 Å². The van der Waals surface area contributed by atoms with Crippen LogP contribution in [-0.2, 0) is 11.8 Å². The van der Waals surface area contributed by atoms with Gasteiger partial charge in [-0.25, -0.2) is 4.79 Å². The van der Waals surface area contributed by atoms with Gasteiger partial charge in [0.2, 0.25) is 5.91 Å². The highest BCUT2D eigenvalue weighted by Gasteiger charge is 2.18. The van der Waals surface area contributed by atoms with E-state index < -0.39 is 5.97 Å². The number of fused-ring (bicyclic) bond motifs is 1. The summed E-state index contributed by atoms with van der Waals surface area (Å²) in [6.07, 6.45) is 1.61. The number of hydrogen-bond acceptors (Lipinski definition) is 4. The van der Waals surface area contributed by atoms with Gasteiger partial charge in [-0.15, -0.1) is 0 Å². The number of rotatable bonds is 8. The van der Waals surface area contributed by atoms with Gasteiger partial charge in [0.1, 0.15) is 0 Å². The Balaban J connectivity index is 2.33. The van der Waals surface area contributed by atoms with Gasteiger partial charge in [0.15, 0.2) is 0 Å². The first-order valence-corrected chi connectivity index (χ1v) is 8.36. The quantitative estimate of drug-likeness (QED) is 0.546. The highest BCUT2D eigenvalue weighted by Crippen LogP contribution is 2.32. The van der Waals surface area contributed by atoms with Crippen LogP contribution in [0.5, 0.6) is 0 Å². The molecule has 0 fully saturated rings. The van der Waals surface area contributed by atoms with Gasteiger partial charge in [0.05, 0.1) is 17.6 Å². The number of benzene rings is 1. The van der Waals surface area contributed by atoms with Gasteiger partial charge in [0.25, 0.3) is 0 Å². The zero-order chi connectivity index (χ0) is 18.6. The van der Waals surface area contributed by atoms with Gasteiger partial charge < -0.3 is 25.6 Å². The molecule has 0 saturated carbocycles. The second kappa shape index (κ2) is 8.13.